The summed E-state index contributed by atoms with van der Waals surface area (Å²) in [4.78, 5) is 24.0. The molecule has 1 amide bonds. The standard InChI is InChI=1S/C10H10ClNO5/c11-8-2-1-6(17-8)9(13)12-3-4-16-7(5-12)10(14)15/h1-2,7H,3-5H2,(H,14,15)/t7-/m0/s1. The third-order valence-corrected chi connectivity index (χ3v) is 2.62. The zero-order chi connectivity index (χ0) is 12.4. The molecular formula is C10H10ClNO5. The average Bonchev–Trinajstić information content (AvgIpc) is 2.75. The van der Waals surface area contributed by atoms with Crippen molar-refractivity contribution in [1.29, 1.82) is 0 Å². The molecule has 17 heavy (non-hydrogen) atoms. The lowest BCUT2D eigenvalue weighted by molar-refractivity contribution is -0.154. The normalized spacial score (nSPS) is 20.3. The first-order chi connectivity index (χ1) is 8.08. The fraction of sp³-hybridized carbons (Fsp3) is 0.400. The van der Waals surface area contributed by atoms with Crippen LogP contribution in [0.2, 0.25) is 5.22 Å². The van der Waals surface area contributed by atoms with Gasteiger partial charge in [-0.25, -0.2) is 4.79 Å². The van der Waals surface area contributed by atoms with Crippen LogP contribution in [0.3, 0.4) is 0 Å². The molecule has 0 bridgehead atoms. The molecule has 1 saturated heterocycles. The number of hydrogen-bond acceptors (Lipinski definition) is 4. The largest absolute Gasteiger partial charge is 0.479 e. The summed E-state index contributed by atoms with van der Waals surface area (Å²) in [6, 6.07) is 2.92. The lowest BCUT2D eigenvalue weighted by Gasteiger charge is -2.30. The summed E-state index contributed by atoms with van der Waals surface area (Å²) in [5.41, 5.74) is 0. The van der Waals surface area contributed by atoms with Crippen LogP contribution in [0.1, 0.15) is 10.6 Å². The van der Waals surface area contributed by atoms with Gasteiger partial charge < -0.3 is 19.2 Å². The number of carbonyl (C=O) groups excluding carboxylic acids is 1. The van der Waals surface area contributed by atoms with Crippen LogP contribution >= 0.6 is 11.6 Å². The minimum atomic E-state index is -1.08. The quantitative estimate of drug-likeness (QED) is 0.852. The predicted octanol–water partition coefficient (Wildman–Crippen LogP) is 0.859. The van der Waals surface area contributed by atoms with Crippen molar-refractivity contribution in [1.82, 2.24) is 4.90 Å². The Hall–Kier alpha value is -1.53. The maximum Gasteiger partial charge on any atom is 0.334 e. The first-order valence-corrected chi connectivity index (χ1v) is 5.35. The van der Waals surface area contributed by atoms with Crippen molar-refractivity contribution in [3.63, 3.8) is 0 Å². The summed E-state index contributed by atoms with van der Waals surface area (Å²) in [6.45, 7) is 0.532. The van der Waals surface area contributed by atoms with Crippen molar-refractivity contribution in [2.75, 3.05) is 19.7 Å². The lowest BCUT2D eigenvalue weighted by Crippen LogP contribution is -2.48. The van der Waals surface area contributed by atoms with E-state index in [1.165, 1.54) is 17.0 Å². The predicted molar refractivity (Wildman–Crippen MR) is 57.0 cm³/mol. The zero-order valence-corrected chi connectivity index (χ0v) is 9.51. The fourth-order valence-electron chi connectivity index (χ4n) is 1.57. The summed E-state index contributed by atoms with van der Waals surface area (Å²) in [6.07, 6.45) is -0.988. The second-order valence-electron chi connectivity index (χ2n) is 3.55. The van der Waals surface area contributed by atoms with Crippen LogP contribution in [0.4, 0.5) is 0 Å². The summed E-state index contributed by atoms with van der Waals surface area (Å²) < 4.78 is 9.99. The van der Waals surface area contributed by atoms with Gasteiger partial charge in [-0.05, 0) is 23.7 Å². The van der Waals surface area contributed by atoms with Crippen molar-refractivity contribution in [3.05, 3.63) is 23.1 Å². The SMILES string of the molecule is O=C(O)[C@@H]1CN(C(=O)c2ccc(Cl)o2)CCO1. The average molecular weight is 260 g/mol. The molecule has 0 saturated carbocycles. The second-order valence-corrected chi connectivity index (χ2v) is 3.93. The van der Waals surface area contributed by atoms with Crippen molar-refractivity contribution < 1.29 is 23.8 Å². The van der Waals surface area contributed by atoms with E-state index in [-0.39, 0.29) is 30.0 Å². The first kappa shape index (κ1) is 11.9. The van der Waals surface area contributed by atoms with Crippen molar-refractivity contribution in [3.8, 4) is 0 Å². The number of furan rings is 1. The van der Waals surface area contributed by atoms with Gasteiger partial charge in [0.25, 0.3) is 5.91 Å². The molecule has 0 radical (unpaired) electrons. The van der Waals surface area contributed by atoms with Crippen molar-refractivity contribution >= 4 is 23.5 Å². The van der Waals surface area contributed by atoms with Crippen LogP contribution in [0, 0.1) is 0 Å². The van der Waals surface area contributed by atoms with Gasteiger partial charge in [-0.3, -0.25) is 4.79 Å². The molecule has 1 N–H and O–H groups in total. The van der Waals surface area contributed by atoms with Crippen LogP contribution in [-0.2, 0) is 9.53 Å². The highest BCUT2D eigenvalue weighted by atomic mass is 35.5. The molecule has 2 rings (SSSR count). The Kier molecular flexibility index (Phi) is 3.35. The molecule has 0 spiro atoms. The molecule has 1 atom stereocenters. The third-order valence-electron chi connectivity index (χ3n) is 2.41. The topological polar surface area (TPSA) is 80.0 Å². The van der Waals surface area contributed by atoms with E-state index in [9.17, 15) is 9.59 Å². The Labute approximate surface area is 102 Å². The first-order valence-electron chi connectivity index (χ1n) is 4.97. The molecular weight excluding hydrogens is 250 g/mol. The number of aliphatic carboxylic acids is 1. The zero-order valence-electron chi connectivity index (χ0n) is 8.76. The molecule has 1 aliphatic heterocycles. The van der Waals surface area contributed by atoms with E-state index in [1.807, 2.05) is 0 Å². The maximum atomic E-state index is 11.9. The van der Waals surface area contributed by atoms with Gasteiger partial charge in [-0.15, -0.1) is 0 Å². The molecule has 6 nitrogen and oxygen atoms in total. The Morgan fingerprint density at radius 3 is 2.82 bits per heavy atom. The van der Waals surface area contributed by atoms with E-state index in [2.05, 4.69) is 0 Å². The number of amides is 1. The number of halogens is 1. The molecule has 0 aromatic carbocycles. The summed E-state index contributed by atoms with van der Waals surface area (Å²) in [5, 5.41) is 8.93. The van der Waals surface area contributed by atoms with Gasteiger partial charge in [0.05, 0.1) is 13.2 Å². The van der Waals surface area contributed by atoms with Gasteiger partial charge in [0.1, 0.15) is 0 Å². The summed E-state index contributed by atoms with van der Waals surface area (Å²) in [5.74, 6) is -1.37. The summed E-state index contributed by atoms with van der Waals surface area (Å²) >= 11 is 5.57. The molecule has 1 aromatic heterocycles. The molecule has 7 heteroatoms. The van der Waals surface area contributed by atoms with Gasteiger partial charge >= 0.3 is 5.97 Å². The molecule has 2 heterocycles. The van der Waals surface area contributed by atoms with Crippen LogP contribution < -0.4 is 0 Å². The van der Waals surface area contributed by atoms with E-state index in [1.54, 1.807) is 0 Å². The smallest absolute Gasteiger partial charge is 0.334 e. The van der Waals surface area contributed by atoms with Crippen LogP contribution in [-0.4, -0.2) is 47.7 Å². The number of carboxylic acids is 1. The Morgan fingerprint density at radius 2 is 2.24 bits per heavy atom. The molecule has 1 fully saturated rings. The van der Waals surface area contributed by atoms with Crippen LogP contribution in [0.5, 0.6) is 0 Å². The van der Waals surface area contributed by atoms with E-state index >= 15 is 0 Å². The minimum absolute atomic E-state index is 0.00643. The second kappa shape index (κ2) is 4.77. The van der Waals surface area contributed by atoms with Crippen LogP contribution in [0.15, 0.2) is 16.5 Å². The van der Waals surface area contributed by atoms with E-state index in [0.717, 1.165) is 0 Å². The fourth-order valence-corrected chi connectivity index (χ4v) is 1.71. The van der Waals surface area contributed by atoms with Gasteiger partial charge in [0.15, 0.2) is 17.1 Å². The molecule has 0 unspecified atom stereocenters. The van der Waals surface area contributed by atoms with Crippen molar-refractivity contribution in [2.24, 2.45) is 0 Å². The number of rotatable bonds is 2. The van der Waals surface area contributed by atoms with Crippen molar-refractivity contribution in [2.45, 2.75) is 6.10 Å². The van der Waals surface area contributed by atoms with E-state index < -0.39 is 12.1 Å². The minimum Gasteiger partial charge on any atom is -0.479 e. The molecule has 92 valence electrons. The van der Waals surface area contributed by atoms with Gasteiger partial charge in [-0.2, -0.15) is 0 Å². The van der Waals surface area contributed by atoms with Crippen LogP contribution in [0.25, 0.3) is 0 Å². The van der Waals surface area contributed by atoms with Gasteiger partial charge in [0.2, 0.25) is 0 Å². The number of carboxylic acid groups (broad SMARTS) is 1. The molecule has 1 aromatic rings. The third kappa shape index (κ3) is 2.59. The maximum absolute atomic E-state index is 11.9. The number of hydrogen-bond donors (Lipinski definition) is 1. The van der Waals surface area contributed by atoms with E-state index in [4.69, 9.17) is 25.9 Å². The molecule has 0 aliphatic carbocycles. The number of ether oxygens (including phenoxy) is 1. The highest BCUT2D eigenvalue weighted by Gasteiger charge is 2.30. The molecule has 1 aliphatic rings. The Morgan fingerprint density at radius 1 is 1.47 bits per heavy atom. The number of nitrogens with zero attached hydrogens (tertiary/aromatic N) is 1. The highest BCUT2D eigenvalue weighted by Crippen LogP contribution is 2.16. The number of carbonyl (C=O) groups is 2. The monoisotopic (exact) mass is 259 g/mol. The van der Waals surface area contributed by atoms with Gasteiger partial charge in [0, 0.05) is 6.54 Å². The summed E-state index contributed by atoms with van der Waals surface area (Å²) in [7, 11) is 0. The highest BCUT2D eigenvalue weighted by molar-refractivity contribution is 6.29. The number of morpholine rings is 1. The van der Waals surface area contributed by atoms with Gasteiger partial charge in [-0.1, -0.05) is 0 Å². The lowest BCUT2D eigenvalue weighted by atomic mass is 10.2. The Bertz CT molecular complexity index is 444. The Balaban J connectivity index is 2.07. The van der Waals surface area contributed by atoms with E-state index in [0.29, 0.717) is 6.54 Å².